The number of hydrogen-bond acceptors (Lipinski definition) is 3. The van der Waals surface area contributed by atoms with E-state index in [1.54, 1.807) is 0 Å². The highest BCUT2D eigenvalue weighted by atomic mass is 35.5. The van der Waals surface area contributed by atoms with Gasteiger partial charge in [-0.15, -0.1) is 0 Å². The molecule has 0 atom stereocenters. The van der Waals surface area contributed by atoms with Crippen molar-refractivity contribution < 1.29 is 0 Å². The first kappa shape index (κ1) is 17.3. The van der Waals surface area contributed by atoms with Crippen molar-refractivity contribution >= 4 is 17.4 Å². The molecule has 0 spiro atoms. The minimum Gasteiger partial charge on any atom is -0.353 e. The van der Waals surface area contributed by atoms with Gasteiger partial charge in [-0.05, 0) is 44.4 Å². The molecule has 0 fully saturated rings. The van der Waals surface area contributed by atoms with Crippen LogP contribution in [0.4, 0.5) is 5.82 Å². The second-order valence-electron chi connectivity index (χ2n) is 5.96. The summed E-state index contributed by atoms with van der Waals surface area (Å²) in [6.07, 6.45) is 3.02. The molecule has 0 aliphatic carbocycles. The second-order valence-corrected chi connectivity index (χ2v) is 6.37. The minimum absolute atomic E-state index is 0.407. The maximum absolute atomic E-state index is 6.41. The van der Waals surface area contributed by atoms with Gasteiger partial charge in [0.2, 0.25) is 0 Å². The molecule has 0 saturated carbocycles. The van der Waals surface area contributed by atoms with Gasteiger partial charge in [-0.3, -0.25) is 0 Å². The predicted octanol–water partition coefficient (Wildman–Crippen LogP) is 4.11. The maximum Gasteiger partial charge on any atom is 0.147 e. The third kappa shape index (κ3) is 5.29. The highest BCUT2D eigenvalue weighted by Gasteiger charge is 2.14. The number of anilines is 1. The summed E-state index contributed by atoms with van der Waals surface area (Å²) in [6.45, 7) is 13.7. The number of aromatic nitrogens is 1. The van der Waals surface area contributed by atoms with E-state index >= 15 is 0 Å². The standard InChI is InChI=1S/C16H28ClN3/c1-6-7-20(13(4)5)16-15(17)8-14(11-19-16)10-18-9-12(2)3/h8,11-13,18H,6-7,9-10H2,1-5H3. The zero-order valence-corrected chi connectivity index (χ0v) is 14.2. The molecule has 1 N–H and O–H groups in total. The first-order valence-electron chi connectivity index (χ1n) is 7.57. The van der Waals surface area contributed by atoms with Crippen molar-refractivity contribution in [1.29, 1.82) is 0 Å². The Kier molecular flexibility index (Phi) is 7.31. The first-order chi connectivity index (χ1) is 9.45. The molecule has 1 aromatic rings. The number of nitrogens with one attached hydrogen (secondary N) is 1. The van der Waals surface area contributed by atoms with Crippen LogP contribution in [-0.2, 0) is 6.54 Å². The van der Waals surface area contributed by atoms with Crippen molar-refractivity contribution in [1.82, 2.24) is 10.3 Å². The summed E-state index contributed by atoms with van der Waals surface area (Å²) in [6, 6.07) is 2.44. The van der Waals surface area contributed by atoms with Crippen LogP contribution in [0.5, 0.6) is 0 Å². The number of halogens is 1. The molecule has 0 aliphatic heterocycles. The first-order valence-corrected chi connectivity index (χ1v) is 7.95. The normalized spacial score (nSPS) is 11.4. The van der Waals surface area contributed by atoms with Gasteiger partial charge in [-0.2, -0.15) is 0 Å². The third-order valence-electron chi connectivity index (χ3n) is 3.12. The van der Waals surface area contributed by atoms with Gasteiger partial charge in [-0.25, -0.2) is 4.98 Å². The second kappa shape index (κ2) is 8.48. The molecule has 0 saturated heterocycles. The largest absolute Gasteiger partial charge is 0.353 e. The van der Waals surface area contributed by atoms with E-state index in [1.165, 1.54) is 0 Å². The monoisotopic (exact) mass is 297 g/mol. The van der Waals surface area contributed by atoms with Gasteiger partial charge in [0.05, 0.1) is 5.02 Å². The average molecular weight is 298 g/mol. The Morgan fingerprint density at radius 2 is 2.00 bits per heavy atom. The number of rotatable bonds is 8. The molecule has 0 bridgehead atoms. The summed E-state index contributed by atoms with van der Waals surface area (Å²) < 4.78 is 0. The molecule has 1 aromatic heterocycles. The lowest BCUT2D eigenvalue weighted by atomic mass is 10.2. The molecule has 0 amide bonds. The lowest BCUT2D eigenvalue weighted by Crippen LogP contribution is -2.32. The molecule has 0 radical (unpaired) electrons. The van der Waals surface area contributed by atoms with Crippen molar-refractivity contribution in [2.45, 2.75) is 53.6 Å². The van der Waals surface area contributed by atoms with Crippen molar-refractivity contribution in [3.05, 3.63) is 22.8 Å². The summed E-state index contributed by atoms with van der Waals surface area (Å²) in [5, 5.41) is 4.16. The Hall–Kier alpha value is -0.800. The fraction of sp³-hybridized carbons (Fsp3) is 0.688. The van der Waals surface area contributed by atoms with Gasteiger partial charge in [0, 0.05) is 25.3 Å². The smallest absolute Gasteiger partial charge is 0.147 e. The quantitative estimate of drug-likeness (QED) is 0.783. The van der Waals surface area contributed by atoms with Crippen LogP contribution < -0.4 is 10.2 Å². The van der Waals surface area contributed by atoms with Gasteiger partial charge in [0.25, 0.3) is 0 Å². The lowest BCUT2D eigenvalue weighted by molar-refractivity contribution is 0.551. The van der Waals surface area contributed by atoms with Gasteiger partial charge in [-0.1, -0.05) is 32.4 Å². The Morgan fingerprint density at radius 1 is 1.30 bits per heavy atom. The molecule has 0 unspecified atom stereocenters. The number of hydrogen-bond donors (Lipinski definition) is 1. The summed E-state index contributed by atoms with van der Waals surface area (Å²) in [7, 11) is 0. The average Bonchev–Trinajstić information content (AvgIpc) is 2.36. The van der Waals surface area contributed by atoms with Gasteiger partial charge >= 0.3 is 0 Å². The Labute approximate surface area is 128 Å². The van der Waals surface area contributed by atoms with E-state index in [4.69, 9.17) is 11.6 Å². The maximum atomic E-state index is 6.41. The number of pyridine rings is 1. The van der Waals surface area contributed by atoms with E-state index in [-0.39, 0.29) is 0 Å². The Morgan fingerprint density at radius 3 is 2.50 bits per heavy atom. The Bertz CT molecular complexity index is 405. The van der Waals surface area contributed by atoms with Crippen LogP contribution >= 0.6 is 11.6 Å². The van der Waals surface area contributed by atoms with Crippen LogP contribution in [0, 0.1) is 5.92 Å². The summed E-state index contributed by atoms with van der Waals surface area (Å²) in [5.41, 5.74) is 1.14. The van der Waals surface area contributed by atoms with E-state index in [2.05, 4.69) is 49.8 Å². The van der Waals surface area contributed by atoms with Crippen molar-refractivity contribution in [3.63, 3.8) is 0 Å². The molecule has 114 valence electrons. The van der Waals surface area contributed by atoms with Crippen LogP contribution in [0.3, 0.4) is 0 Å². The van der Waals surface area contributed by atoms with Crippen molar-refractivity contribution in [2.75, 3.05) is 18.0 Å². The summed E-state index contributed by atoms with van der Waals surface area (Å²) in [5.74, 6) is 1.55. The lowest BCUT2D eigenvalue weighted by Gasteiger charge is -2.28. The van der Waals surface area contributed by atoms with Crippen LogP contribution in [0.2, 0.25) is 5.02 Å². The van der Waals surface area contributed by atoms with E-state index in [9.17, 15) is 0 Å². The number of nitrogens with zero attached hydrogens (tertiary/aromatic N) is 2. The molecule has 4 heteroatoms. The van der Waals surface area contributed by atoms with Gasteiger partial charge < -0.3 is 10.2 Å². The zero-order valence-electron chi connectivity index (χ0n) is 13.4. The molecule has 0 aromatic carbocycles. The fourth-order valence-electron chi connectivity index (χ4n) is 2.13. The van der Waals surface area contributed by atoms with E-state index < -0.39 is 0 Å². The van der Waals surface area contributed by atoms with Gasteiger partial charge in [0.15, 0.2) is 0 Å². The van der Waals surface area contributed by atoms with Crippen LogP contribution in [0.15, 0.2) is 12.3 Å². The molecule has 3 nitrogen and oxygen atoms in total. The van der Waals surface area contributed by atoms with Crippen LogP contribution in [-0.4, -0.2) is 24.1 Å². The molecular formula is C16H28ClN3. The SMILES string of the molecule is CCCN(c1ncc(CNCC(C)C)cc1Cl)C(C)C. The zero-order chi connectivity index (χ0) is 15.1. The minimum atomic E-state index is 0.407. The van der Waals surface area contributed by atoms with Gasteiger partial charge in [0.1, 0.15) is 5.82 Å². The molecule has 1 heterocycles. The summed E-state index contributed by atoms with van der Waals surface area (Å²) >= 11 is 6.41. The Balaban J connectivity index is 2.76. The van der Waals surface area contributed by atoms with E-state index in [0.29, 0.717) is 12.0 Å². The topological polar surface area (TPSA) is 28.2 Å². The molecule has 20 heavy (non-hydrogen) atoms. The molecule has 0 aliphatic rings. The highest BCUT2D eigenvalue weighted by molar-refractivity contribution is 6.33. The molecular weight excluding hydrogens is 270 g/mol. The van der Waals surface area contributed by atoms with Crippen molar-refractivity contribution in [2.24, 2.45) is 5.92 Å². The van der Waals surface area contributed by atoms with Crippen LogP contribution in [0.1, 0.15) is 46.6 Å². The third-order valence-corrected chi connectivity index (χ3v) is 3.40. The molecule has 1 rings (SSSR count). The van der Waals surface area contributed by atoms with E-state index in [0.717, 1.165) is 42.5 Å². The summed E-state index contributed by atoms with van der Waals surface area (Å²) in [4.78, 5) is 6.83. The predicted molar refractivity (Wildman–Crippen MR) is 88.6 cm³/mol. The van der Waals surface area contributed by atoms with Crippen molar-refractivity contribution in [3.8, 4) is 0 Å². The van der Waals surface area contributed by atoms with E-state index in [1.807, 2.05) is 12.3 Å². The fourth-order valence-corrected chi connectivity index (χ4v) is 2.43. The highest BCUT2D eigenvalue weighted by Crippen LogP contribution is 2.25. The van der Waals surface area contributed by atoms with Crippen LogP contribution in [0.25, 0.3) is 0 Å².